The second-order valence-electron chi connectivity index (χ2n) is 6.60. The Hall–Kier alpha value is -2.50. The molecule has 1 saturated carbocycles. The summed E-state index contributed by atoms with van der Waals surface area (Å²) in [7, 11) is 0. The highest BCUT2D eigenvalue weighted by Gasteiger charge is 2.37. The van der Waals surface area contributed by atoms with E-state index in [9.17, 15) is 4.79 Å². The van der Waals surface area contributed by atoms with E-state index >= 15 is 0 Å². The maximum Gasteiger partial charge on any atom is 0.225 e. The lowest BCUT2D eigenvalue weighted by Gasteiger charge is -2.16. The number of fused-ring (bicyclic) bond motifs is 3. The third kappa shape index (κ3) is 2.01. The molecule has 0 aromatic carbocycles. The predicted molar refractivity (Wildman–Crippen MR) is 85.9 cm³/mol. The zero-order chi connectivity index (χ0) is 15.4. The Bertz CT molecular complexity index is 914. The van der Waals surface area contributed by atoms with E-state index in [1.165, 1.54) is 0 Å². The number of carbonyl (C=O) groups is 1. The summed E-state index contributed by atoms with van der Waals surface area (Å²) in [6.45, 7) is 1.59. The number of aromatic nitrogens is 4. The fourth-order valence-electron chi connectivity index (χ4n) is 3.67. The molecule has 5 rings (SSSR count). The normalized spacial score (nSPS) is 21.4. The van der Waals surface area contributed by atoms with E-state index in [4.69, 9.17) is 0 Å². The van der Waals surface area contributed by atoms with Crippen molar-refractivity contribution in [2.24, 2.45) is 5.92 Å². The first-order valence-electron chi connectivity index (χ1n) is 8.17. The van der Waals surface area contributed by atoms with Crippen LogP contribution < -0.4 is 0 Å². The maximum atomic E-state index is 12.3. The highest BCUT2D eigenvalue weighted by atomic mass is 16.2. The second-order valence-corrected chi connectivity index (χ2v) is 6.60. The van der Waals surface area contributed by atoms with Gasteiger partial charge in [-0.1, -0.05) is 0 Å². The highest BCUT2D eigenvalue weighted by molar-refractivity contribution is 6.05. The first-order chi connectivity index (χ1) is 11.3. The molecule has 1 N–H and O–H groups in total. The summed E-state index contributed by atoms with van der Waals surface area (Å²) in [5, 5.41) is 11.8. The number of hydrogen-bond acceptors (Lipinski definition) is 4. The van der Waals surface area contributed by atoms with E-state index in [2.05, 4.69) is 20.2 Å². The molecule has 0 bridgehead atoms. The number of amides is 1. The van der Waals surface area contributed by atoms with Crippen LogP contribution in [0.25, 0.3) is 21.8 Å². The first kappa shape index (κ1) is 13.0. The van der Waals surface area contributed by atoms with Gasteiger partial charge in [0.15, 0.2) is 0 Å². The molecule has 3 aromatic heterocycles. The van der Waals surface area contributed by atoms with Crippen LogP contribution in [0, 0.1) is 5.92 Å². The Morgan fingerprint density at radius 3 is 3.04 bits per heavy atom. The molecule has 1 aliphatic heterocycles. The summed E-state index contributed by atoms with van der Waals surface area (Å²) in [4.78, 5) is 21.9. The molecule has 0 radical (unpaired) electrons. The third-order valence-electron chi connectivity index (χ3n) is 5.05. The standard InChI is InChI=1S/C17H17N5O/c23-17(10-1-2-10)22-6-4-11(9-22)15-14-12(8-20-21-15)7-19-16-13(14)3-5-18-16/h3,5,7-8,10-11H,1-2,4,6,9H2,(H,18,19). The fraction of sp³-hybridized carbons (Fsp3) is 0.412. The Morgan fingerprint density at radius 2 is 2.17 bits per heavy atom. The summed E-state index contributed by atoms with van der Waals surface area (Å²) in [6.07, 6.45) is 8.58. The van der Waals surface area contributed by atoms with E-state index < -0.39 is 0 Å². The van der Waals surface area contributed by atoms with Crippen molar-refractivity contribution in [3.63, 3.8) is 0 Å². The molecule has 4 heterocycles. The largest absolute Gasteiger partial charge is 0.346 e. The summed E-state index contributed by atoms with van der Waals surface area (Å²) >= 11 is 0. The minimum Gasteiger partial charge on any atom is -0.346 e. The summed E-state index contributed by atoms with van der Waals surface area (Å²) in [6, 6.07) is 2.04. The van der Waals surface area contributed by atoms with E-state index in [0.717, 1.165) is 59.9 Å². The van der Waals surface area contributed by atoms with Gasteiger partial charge < -0.3 is 9.88 Å². The van der Waals surface area contributed by atoms with Crippen molar-refractivity contribution >= 4 is 27.7 Å². The molecular formula is C17H17N5O. The molecule has 6 nitrogen and oxygen atoms in total. The molecule has 1 amide bonds. The van der Waals surface area contributed by atoms with Crippen molar-refractivity contribution in [1.82, 2.24) is 25.1 Å². The van der Waals surface area contributed by atoms with Crippen molar-refractivity contribution in [3.8, 4) is 0 Å². The molecule has 2 fully saturated rings. The van der Waals surface area contributed by atoms with Gasteiger partial charge in [-0.05, 0) is 25.3 Å². The Kier molecular flexibility index (Phi) is 2.68. The minimum absolute atomic E-state index is 0.259. The van der Waals surface area contributed by atoms with Gasteiger partial charge in [-0.2, -0.15) is 10.2 Å². The summed E-state index contributed by atoms with van der Waals surface area (Å²) < 4.78 is 0. The number of likely N-dealkylation sites (tertiary alicyclic amines) is 1. The van der Waals surface area contributed by atoms with Gasteiger partial charge in [-0.15, -0.1) is 0 Å². The molecule has 1 aliphatic carbocycles. The fourth-order valence-corrected chi connectivity index (χ4v) is 3.67. The van der Waals surface area contributed by atoms with Crippen LogP contribution in [0.1, 0.15) is 30.9 Å². The van der Waals surface area contributed by atoms with Gasteiger partial charge in [-0.3, -0.25) is 4.79 Å². The van der Waals surface area contributed by atoms with Crippen LogP contribution in [-0.4, -0.2) is 44.1 Å². The first-order valence-corrected chi connectivity index (χ1v) is 8.17. The average Bonchev–Trinajstić information content (AvgIpc) is 3.12. The van der Waals surface area contributed by atoms with Gasteiger partial charge >= 0.3 is 0 Å². The minimum atomic E-state index is 0.259. The summed E-state index contributed by atoms with van der Waals surface area (Å²) in [5.74, 6) is 0.872. The highest BCUT2D eigenvalue weighted by Crippen LogP contribution is 2.37. The molecule has 0 spiro atoms. The predicted octanol–water partition coefficient (Wildman–Crippen LogP) is 2.23. The molecule has 1 saturated heterocycles. The zero-order valence-corrected chi connectivity index (χ0v) is 12.7. The van der Waals surface area contributed by atoms with Crippen LogP contribution in [-0.2, 0) is 4.79 Å². The number of carbonyl (C=O) groups excluding carboxylic acids is 1. The molecular weight excluding hydrogens is 290 g/mol. The molecule has 3 aromatic rings. The molecule has 6 heteroatoms. The molecule has 23 heavy (non-hydrogen) atoms. The van der Waals surface area contributed by atoms with Gasteiger partial charge in [0.25, 0.3) is 0 Å². The number of nitrogens with one attached hydrogen (secondary N) is 1. The number of rotatable bonds is 2. The van der Waals surface area contributed by atoms with E-state index in [1.54, 1.807) is 6.20 Å². The average molecular weight is 307 g/mol. The van der Waals surface area contributed by atoms with Gasteiger partial charge in [0, 0.05) is 53.5 Å². The Labute approximate surface area is 132 Å². The van der Waals surface area contributed by atoms with E-state index in [0.29, 0.717) is 5.91 Å². The molecule has 1 unspecified atom stereocenters. The lowest BCUT2D eigenvalue weighted by Crippen LogP contribution is -2.29. The third-order valence-corrected chi connectivity index (χ3v) is 5.05. The van der Waals surface area contributed by atoms with Crippen molar-refractivity contribution in [2.75, 3.05) is 13.1 Å². The lowest BCUT2D eigenvalue weighted by molar-refractivity contribution is -0.131. The SMILES string of the molecule is O=C(C1CC1)N1CCC(c2nncc3cnc4[nH]ccc4c23)C1. The van der Waals surface area contributed by atoms with Crippen molar-refractivity contribution < 1.29 is 4.79 Å². The quantitative estimate of drug-likeness (QED) is 0.788. The summed E-state index contributed by atoms with van der Waals surface area (Å²) in [5.41, 5.74) is 1.87. The van der Waals surface area contributed by atoms with Crippen molar-refractivity contribution in [2.45, 2.75) is 25.2 Å². The van der Waals surface area contributed by atoms with Gasteiger partial charge in [-0.25, -0.2) is 4.98 Å². The number of aromatic amines is 1. The second kappa shape index (κ2) is 4.75. The lowest BCUT2D eigenvalue weighted by atomic mass is 9.98. The van der Waals surface area contributed by atoms with Crippen LogP contribution in [0.4, 0.5) is 0 Å². The number of pyridine rings is 1. The van der Waals surface area contributed by atoms with E-state index in [-0.39, 0.29) is 11.8 Å². The number of H-pyrrole nitrogens is 1. The number of nitrogens with zero attached hydrogens (tertiary/aromatic N) is 4. The van der Waals surface area contributed by atoms with Crippen LogP contribution in [0.5, 0.6) is 0 Å². The van der Waals surface area contributed by atoms with E-state index in [1.807, 2.05) is 23.4 Å². The van der Waals surface area contributed by atoms with Crippen LogP contribution in [0.2, 0.25) is 0 Å². The Morgan fingerprint density at radius 1 is 1.26 bits per heavy atom. The topological polar surface area (TPSA) is 74.8 Å². The van der Waals surface area contributed by atoms with Gasteiger partial charge in [0.2, 0.25) is 5.91 Å². The smallest absolute Gasteiger partial charge is 0.225 e. The van der Waals surface area contributed by atoms with Crippen molar-refractivity contribution in [1.29, 1.82) is 0 Å². The van der Waals surface area contributed by atoms with Crippen LogP contribution in [0.15, 0.2) is 24.7 Å². The molecule has 1 atom stereocenters. The van der Waals surface area contributed by atoms with Gasteiger partial charge in [0.1, 0.15) is 5.65 Å². The van der Waals surface area contributed by atoms with Gasteiger partial charge in [0.05, 0.1) is 11.9 Å². The zero-order valence-electron chi connectivity index (χ0n) is 12.7. The van der Waals surface area contributed by atoms with Crippen LogP contribution in [0.3, 0.4) is 0 Å². The monoisotopic (exact) mass is 307 g/mol. The molecule has 2 aliphatic rings. The van der Waals surface area contributed by atoms with Crippen LogP contribution >= 0.6 is 0 Å². The molecule has 116 valence electrons. The van der Waals surface area contributed by atoms with Crippen molar-refractivity contribution in [3.05, 3.63) is 30.4 Å². The number of hydrogen-bond donors (Lipinski definition) is 1. The Balaban J connectivity index is 1.57. The maximum absolute atomic E-state index is 12.3.